The van der Waals surface area contributed by atoms with Crippen molar-refractivity contribution in [2.45, 2.75) is 31.6 Å². The smallest absolute Gasteiger partial charge is 0.264 e. The number of aryl methyl sites for hydroxylation is 1. The molecule has 0 fully saturated rings. The largest absolute Gasteiger partial charge is 0.271 e. The predicted molar refractivity (Wildman–Crippen MR) is 136 cm³/mol. The number of carbonyl (C=O) groups excluding carboxylic acids is 1. The van der Waals surface area contributed by atoms with Crippen molar-refractivity contribution in [1.82, 2.24) is 5.43 Å². The van der Waals surface area contributed by atoms with Gasteiger partial charge in [0.15, 0.2) is 0 Å². The number of anilines is 1. The second kappa shape index (κ2) is 10.8. The van der Waals surface area contributed by atoms with Gasteiger partial charge in [-0.1, -0.05) is 77.8 Å². The molecule has 0 unspecified atom stereocenters. The van der Waals surface area contributed by atoms with E-state index < -0.39 is 22.5 Å². The number of nitrogens with zero attached hydrogens (tertiary/aromatic N) is 2. The number of halogens is 1. The fourth-order valence-electron chi connectivity index (χ4n) is 3.10. The highest BCUT2D eigenvalue weighted by Crippen LogP contribution is 2.26. The lowest BCUT2D eigenvalue weighted by atomic mass is 10.0. The molecule has 0 saturated heterocycles. The molecule has 0 aliphatic heterocycles. The van der Waals surface area contributed by atoms with E-state index in [0.717, 1.165) is 25.5 Å². The Morgan fingerprint density at radius 1 is 1.03 bits per heavy atom. The first-order chi connectivity index (χ1) is 15.7. The maximum Gasteiger partial charge on any atom is 0.264 e. The Morgan fingerprint density at radius 3 is 2.27 bits per heavy atom. The summed E-state index contributed by atoms with van der Waals surface area (Å²) < 4.78 is 28.8. The molecular formula is C25H26BrN3O3S. The molecule has 0 spiro atoms. The molecule has 0 saturated carbocycles. The second-order valence-corrected chi connectivity index (χ2v) is 10.6. The third kappa shape index (κ3) is 6.30. The van der Waals surface area contributed by atoms with Gasteiger partial charge in [-0.05, 0) is 48.7 Å². The van der Waals surface area contributed by atoms with Crippen LogP contribution in [-0.4, -0.2) is 27.1 Å². The Hall–Kier alpha value is -2.97. The summed E-state index contributed by atoms with van der Waals surface area (Å²) in [7, 11) is -3.97. The van der Waals surface area contributed by atoms with E-state index in [1.165, 1.54) is 6.21 Å². The van der Waals surface area contributed by atoms with Crippen LogP contribution in [-0.2, 0) is 14.8 Å². The molecule has 8 heteroatoms. The number of nitrogens with one attached hydrogen (secondary N) is 1. The van der Waals surface area contributed by atoms with Crippen LogP contribution in [0.25, 0.3) is 0 Å². The molecule has 0 heterocycles. The molecule has 6 nitrogen and oxygen atoms in total. The van der Waals surface area contributed by atoms with Crippen molar-refractivity contribution in [3.63, 3.8) is 0 Å². The van der Waals surface area contributed by atoms with Gasteiger partial charge in [0.2, 0.25) is 0 Å². The molecule has 0 atom stereocenters. The molecule has 0 aromatic heterocycles. The third-order valence-corrected chi connectivity index (χ3v) is 7.55. The van der Waals surface area contributed by atoms with Crippen molar-refractivity contribution in [3.05, 3.63) is 94.0 Å². The van der Waals surface area contributed by atoms with Gasteiger partial charge in [0.25, 0.3) is 15.9 Å². The van der Waals surface area contributed by atoms with Crippen molar-refractivity contribution >= 4 is 43.8 Å². The average molecular weight is 528 g/mol. The number of benzene rings is 3. The van der Waals surface area contributed by atoms with Crippen LogP contribution >= 0.6 is 15.9 Å². The number of amides is 1. The summed E-state index contributed by atoms with van der Waals surface area (Å²) in [5.41, 5.74) is 5.64. The third-order valence-electron chi connectivity index (χ3n) is 5.04. The molecule has 3 rings (SSSR count). The van der Waals surface area contributed by atoms with Gasteiger partial charge in [-0.2, -0.15) is 5.10 Å². The van der Waals surface area contributed by atoms with E-state index in [2.05, 4.69) is 40.3 Å². The summed E-state index contributed by atoms with van der Waals surface area (Å²) in [6.07, 6.45) is 1.50. The van der Waals surface area contributed by atoms with Crippen molar-refractivity contribution in [2.24, 2.45) is 5.10 Å². The molecule has 0 bridgehead atoms. The SMILES string of the molecule is Cc1ccc(S(=O)(=O)N(CC(=O)N/N=C\c2ccccc2Br)c2ccc(C(C)C)cc2)cc1. The van der Waals surface area contributed by atoms with E-state index in [-0.39, 0.29) is 4.90 Å². The van der Waals surface area contributed by atoms with Crippen molar-refractivity contribution in [3.8, 4) is 0 Å². The summed E-state index contributed by atoms with van der Waals surface area (Å²) in [6.45, 7) is 5.60. The van der Waals surface area contributed by atoms with Crippen LogP contribution in [0.15, 0.2) is 87.3 Å². The van der Waals surface area contributed by atoms with Gasteiger partial charge in [0.05, 0.1) is 16.8 Å². The summed E-state index contributed by atoms with van der Waals surface area (Å²) >= 11 is 3.42. The zero-order valence-electron chi connectivity index (χ0n) is 18.7. The van der Waals surface area contributed by atoms with Gasteiger partial charge < -0.3 is 0 Å². The lowest BCUT2D eigenvalue weighted by Gasteiger charge is -2.24. The van der Waals surface area contributed by atoms with Crippen LogP contribution in [0.3, 0.4) is 0 Å². The summed E-state index contributed by atoms with van der Waals surface area (Å²) in [5, 5.41) is 3.98. The van der Waals surface area contributed by atoms with E-state index in [1.807, 2.05) is 43.3 Å². The minimum Gasteiger partial charge on any atom is -0.271 e. The standard InChI is InChI=1S/C25H26BrN3O3S/c1-18(2)20-10-12-22(13-11-20)29(33(31,32)23-14-8-19(3)9-15-23)17-25(30)28-27-16-21-6-4-5-7-24(21)26/h4-16,18H,17H2,1-3H3,(H,28,30)/b27-16-. The highest BCUT2D eigenvalue weighted by atomic mass is 79.9. The molecule has 172 valence electrons. The zero-order chi connectivity index (χ0) is 24.0. The fraction of sp³-hybridized carbons (Fsp3) is 0.200. The number of hydrazone groups is 1. The minimum absolute atomic E-state index is 0.116. The number of hydrogen-bond donors (Lipinski definition) is 1. The normalized spacial score (nSPS) is 11.7. The first-order valence-corrected chi connectivity index (χ1v) is 12.7. The van der Waals surface area contributed by atoms with Crippen molar-refractivity contribution in [2.75, 3.05) is 10.8 Å². The molecule has 1 amide bonds. The lowest BCUT2D eigenvalue weighted by Crippen LogP contribution is -2.39. The number of sulfonamides is 1. The van der Waals surface area contributed by atoms with Crippen LogP contribution in [0.1, 0.15) is 36.5 Å². The topological polar surface area (TPSA) is 78.8 Å². The summed E-state index contributed by atoms with van der Waals surface area (Å²) in [4.78, 5) is 12.8. The molecule has 3 aromatic rings. The number of rotatable bonds is 8. The first-order valence-electron chi connectivity index (χ1n) is 10.4. The van der Waals surface area contributed by atoms with E-state index in [1.54, 1.807) is 36.4 Å². The van der Waals surface area contributed by atoms with Gasteiger partial charge >= 0.3 is 0 Å². The number of carbonyl (C=O) groups is 1. The van der Waals surface area contributed by atoms with Gasteiger partial charge in [0, 0.05) is 10.0 Å². The molecule has 33 heavy (non-hydrogen) atoms. The highest BCUT2D eigenvalue weighted by Gasteiger charge is 2.27. The van der Waals surface area contributed by atoms with Gasteiger partial charge in [-0.25, -0.2) is 13.8 Å². The molecule has 0 aliphatic carbocycles. The Kier molecular flexibility index (Phi) is 8.05. The molecular weight excluding hydrogens is 502 g/mol. The number of hydrogen-bond acceptors (Lipinski definition) is 4. The fourth-order valence-corrected chi connectivity index (χ4v) is 4.91. The van der Waals surface area contributed by atoms with E-state index in [0.29, 0.717) is 11.6 Å². The molecule has 1 N–H and O–H groups in total. The molecule has 0 radical (unpaired) electrons. The lowest BCUT2D eigenvalue weighted by molar-refractivity contribution is -0.119. The van der Waals surface area contributed by atoms with E-state index in [9.17, 15) is 13.2 Å². The van der Waals surface area contributed by atoms with Gasteiger partial charge in [-0.15, -0.1) is 0 Å². The monoisotopic (exact) mass is 527 g/mol. The van der Waals surface area contributed by atoms with Crippen LogP contribution in [0.5, 0.6) is 0 Å². The molecule has 3 aromatic carbocycles. The zero-order valence-corrected chi connectivity index (χ0v) is 21.1. The predicted octanol–water partition coefficient (Wildman–Crippen LogP) is 5.23. The summed E-state index contributed by atoms with van der Waals surface area (Å²) in [5.74, 6) is -0.252. The molecule has 0 aliphatic rings. The van der Waals surface area contributed by atoms with Gasteiger partial charge in [0.1, 0.15) is 6.54 Å². The Balaban J connectivity index is 1.87. The van der Waals surface area contributed by atoms with Crippen molar-refractivity contribution < 1.29 is 13.2 Å². The Labute approximate surface area is 203 Å². The summed E-state index contributed by atoms with van der Waals surface area (Å²) in [6, 6.07) is 21.2. The van der Waals surface area contributed by atoms with Gasteiger partial charge in [-0.3, -0.25) is 9.10 Å². The van der Waals surface area contributed by atoms with Crippen LogP contribution in [0, 0.1) is 6.92 Å². The van der Waals surface area contributed by atoms with Crippen molar-refractivity contribution in [1.29, 1.82) is 0 Å². The Morgan fingerprint density at radius 2 is 1.67 bits per heavy atom. The maximum atomic E-state index is 13.4. The second-order valence-electron chi connectivity index (χ2n) is 7.89. The minimum atomic E-state index is -3.97. The highest BCUT2D eigenvalue weighted by molar-refractivity contribution is 9.10. The Bertz CT molecular complexity index is 1240. The van der Waals surface area contributed by atoms with Crippen LogP contribution in [0.4, 0.5) is 5.69 Å². The maximum absolute atomic E-state index is 13.4. The quantitative estimate of drug-likeness (QED) is 0.322. The van der Waals surface area contributed by atoms with Crippen LogP contribution in [0.2, 0.25) is 0 Å². The first kappa shape index (κ1) is 24.7. The van der Waals surface area contributed by atoms with E-state index in [4.69, 9.17) is 0 Å². The van der Waals surface area contributed by atoms with E-state index >= 15 is 0 Å². The van der Waals surface area contributed by atoms with Crippen LogP contribution < -0.4 is 9.73 Å². The average Bonchev–Trinajstić information content (AvgIpc) is 2.79.